The van der Waals surface area contributed by atoms with Crippen molar-refractivity contribution in [2.45, 2.75) is 0 Å². The Morgan fingerprint density at radius 3 is 1.42 bits per heavy atom. The Labute approximate surface area is 296 Å². The standard InChI is InChI=1S/C48H27NO3/c1-5-13-40-37(12-1)47-41(20-19-36-33-9-2-8-16-44(33)52-48(36)47)49(40)32-24-30(28-17-21-45-38(26-28)34-10-3-6-14-42(34)50-45)23-31(25-32)29-18-22-46-39(27-29)35-11-4-7-15-43(35)51-46/h1-27H. The van der Waals surface area contributed by atoms with E-state index in [4.69, 9.17) is 13.3 Å². The Hall–Kier alpha value is -7.04. The maximum Gasteiger partial charge on any atom is 0.145 e. The summed E-state index contributed by atoms with van der Waals surface area (Å²) < 4.78 is 21.4. The maximum absolute atomic E-state index is 6.61. The van der Waals surface area contributed by atoms with Crippen LogP contribution < -0.4 is 0 Å². The van der Waals surface area contributed by atoms with Crippen LogP contribution in [0.25, 0.3) is 116 Å². The van der Waals surface area contributed by atoms with E-state index in [9.17, 15) is 0 Å². The van der Waals surface area contributed by atoms with E-state index < -0.39 is 0 Å². The van der Waals surface area contributed by atoms with E-state index in [0.29, 0.717) is 0 Å². The van der Waals surface area contributed by atoms with Gasteiger partial charge in [-0.05, 0) is 101 Å². The van der Waals surface area contributed by atoms with Gasteiger partial charge in [-0.15, -0.1) is 0 Å². The molecule has 4 aromatic heterocycles. The summed E-state index contributed by atoms with van der Waals surface area (Å²) in [7, 11) is 0. The van der Waals surface area contributed by atoms with E-state index in [2.05, 4.69) is 138 Å². The van der Waals surface area contributed by atoms with Crippen LogP contribution in [0.15, 0.2) is 177 Å². The van der Waals surface area contributed by atoms with Crippen molar-refractivity contribution in [3.63, 3.8) is 0 Å². The number of nitrogens with zero attached hydrogens (tertiary/aromatic N) is 1. The zero-order valence-electron chi connectivity index (χ0n) is 27.8. The lowest BCUT2D eigenvalue weighted by Crippen LogP contribution is -1.96. The second kappa shape index (κ2) is 10.3. The zero-order valence-corrected chi connectivity index (χ0v) is 27.8. The van der Waals surface area contributed by atoms with Crippen molar-refractivity contribution in [2.75, 3.05) is 0 Å². The quantitative estimate of drug-likeness (QED) is 0.189. The third-order valence-corrected chi connectivity index (χ3v) is 10.8. The molecule has 0 bridgehead atoms. The van der Waals surface area contributed by atoms with Gasteiger partial charge in [0.05, 0.1) is 16.4 Å². The van der Waals surface area contributed by atoms with Crippen LogP contribution in [0.3, 0.4) is 0 Å². The Bertz CT molecular complexity index is 3290. The van der Waals surface area contributed by atoms with Gasteiger partial charge < -0.3 is 17.8 Å². The number of furan rings is 3. The van der Waals surface area contributed by atoms with E-state index in [1.807, 2.05) is 30.3 Å². The SMILES string of the molecule is c1ccc2c(c1)oc1ccc(-c3cc(-c4ccc5oc6ccccc6c5c4)cc(-n4c5ccccc5c5c6oc7ccccc7c6ccc54)c3)cc12. The van der Waals surface area contributed by atoms with Crippen LogP contribution in [-0.2, 0) is 0 Å². The molecule has 0 aliphatic carbocycles. The fraction of sp³-hybridized carbons (Fsp3) is 0. The summed E-state index contributed by atoms with van der Waals surface area (Å²) >= 11 is 0. The second-order valence-corrected chi connectivity index (χ2v) is 13.7. The third kappa shape index (κ3) is 3.86. The van der Waals surface area contributed by atoms with Crippen molar-refractivity contribution in [3.05, 3.63) is 164 Å². The third-order valence-electron chi connectivity index (χ3n) is 10.8. The molecule has 0 saturated heterocycles. The van der Waals surface area contributed by atoms with Crippen molar-refractivity contribution in [1.82, 2.24) is 4.57 Å². The van der Waals surface area contributed by atoms with Crippen LogP contribution in [0, 0.1) is 0 Å². The van der Waals surface area contributed by atoms with Crippen LogP contribution in [-0.4, -0.2) is 4.57 Å². The summed E-state index contributed by atoms with van der Waals surface area (Å²) in [5, 5.41) is 8.98. The molecule has 0 aliphatic rings. The number of fused-ring (bicyclic) bond motifs is 13. The van der Waals surface area contributed by atoms with Gasteiger partial charge in [0.15, 0.2) is 0 Å². The molecule has 0 N–H and O–H groups in total. The minimum Gasteiger partial charge on any atom is -0.456 e. The van der Waals surface area contributed by atoms with Gasteiger partial charge in [0, 0.05) is 43.4 Å². The van der Waals surface area contributed by atoms with Crippen LogP contribution in [0.5, 0.6) is 0 Å². The van der Waals surface area contributed by atoms with Gasteiger partial charge in [0.25, 0.3) is 0 Å². The van der Waals surface area contributed by atoms with Crippen molar-refractivity contribution in [3.8, 4) is 27.9 Å². The number of rotatable bonds is 3. The Morgan fingerprint density at radius 1 is 0.308 bits per heavy atom. The highest BCUT2D eigenvalue weighted by Gasteiger charge is 2.20. The summed E-state index contributed by atoms with van der Waals surface area (Å²) in [5.41, 5.74) is 13.2. The van der Waals surface area contributed by atoms with Gasteiger partial charge in [0.2, 0.25) is 0 Å². The first-order valence-electron chi connectivity index (χ1n) is 17.6. The zero-order chi connectivity index (χ0) is 33.9. The molecular formula is C48H27NO3. The number of aromatic nitrogens is 1. The molecule has 0 fully saturated rings. The monoisotopic (exact) mass is 665 g/mol. The van der Waals surface area contributed by atoms with E-state index in [1.165, 1.54) is 0 Å². The van der Waals surface area contributed by atoms with Gasteiger partial charge >= 0.3 is 0 Å². The fourth-order valence-electron chi connectivity index (χ4n) is 8.40. The topological polar surface area (TPSA) is 44.4 Å². The molecule has 0 atom stereocenters. The number of benzene rings is 8. The largest absolute Gasteiger partial charge is 0.456 e. The summed E-state index contributed by atoms with van der Waals surface area (Å²) in [6.07, 6.45) is 0. The minimum atomic E-state index is 0.885. The minimum absolute atomic E-state index is 0.885. The molecule has 52 heavy (non-hydrogen) atoms. The predicted octanol–water partition coefficient (Wildman–Crippen LogP) is 13.8. The first kappa shape index (κ1) is 27.7. The second-order valence-electron chi connectivity index (χ2n) is 13.7. The maximum atomic E-state index is 6.61. The molecule has 0 spiro atoms. The summed E-state index contributed by atoms with van der Waals surface area (Å²) in [6, 6.07) is 57.9. The lowest BCUT2D eigenvalue weighted by atomic mass is 9.96. The molecule has 4 heteroatoms. The molecule has 0 amide bonds. The van der Waals surface area contributed by atoms with Gasteiger partial charge in [0.1, 0.15) is 33.5 Å². The van der Waals surface area contributed by atoms with E-state index in [0.717, 1.165) is 116 Å². The van der Waals surface area contributed by atoms with Crippen molar-refractivity contribution >= 4 is 87.6 Å². The molecule has 242 valence electrons. The van der Waals surface area contributed by atoms with E-state index in [-0.39, 0.29) is 0 Å². The van der Waals surface area contributed by atoms with Crippen molar-refractivity contribution in [1.29, 1.82) is 0 Å². The smallest absolute Gasteiger partial charge is 0.145 e. The molecule has 4 nitrogen and oxygen atoms in total. The summed E-state index contributed by atoms with van der Waals surface area (Å²) in [6.45, 7) is 0. The highest BCUT2D eigenvalue weighted by molar-refractivity contribution is 6.24. The number of hydrogen-bond acceptors (Lipinski definition) is 3. The molecule has 0 aliphatic heterocycles. The Kier molecular flexibility index (Phi) is 5.47. The Morgan fingerprint density at radius 2 is 0.808 bits per heavy atom. The predicted molar refractivity (Wildman–Crippen MR) is 213 cm³/mol. The lowest BCUT2D eigenvalue weighted by Gasteiger charge is -2.14. The van der Waals surface area contributed by atoms with E-state index >= 15 is 0 Å². The molecule has 0 radical (unpaired) electrons. The lowest BCUT2D eigenvalue weighted by molar-refractivity contribution is 0.668. The number of hydrogen-bond donors (Lipinski definition) is 0. The van der Waals surface area contributed by atoms with Crippen LogP contribution >= 0.6 is 0 Å². The first-order chi connectivity index (χ1) is 25.7. The van der Waals surface area contributed by atoms with Gasteiger partial charge in [-0.3, -0.25) is 0 Å². The molecule has 4 heterocycles. The molecule has 0 unspecified atom stereocenters. The van der Waals surface area contributed by atoms with Gasteiger partial charge in [-0.1, -0.05) is 84.9 Å². The van der Waals surface area contributed by atoms with Gasteiger partial charge in [-0.2, -0.15) is 0 Å². The van der Waals surface area contributed by atoms with Crippen molar-refractivity contribution in [2.24, 2.45) is 0 Å². The van der Waals surface area contributed by atoms with Crippen LogP contribution in [0.4, 0.5) is 0 Å². The average molecular weight is 666 g/mol. The highest BCUT2D eigenvalue weighted by Crippen LogP contribution is 2.43. The molecule has 12 aromatic rings. The summed E-state index contributed by atoms with van der Waals surface area (Å²) in [5.74, 6) is 0. The summed E-state index contributed by atoms with van der Waals surface area (Å²) in [4.78, 5) is 0. The van der Waals surface area contributed by atoms with Crippen LogP contribution in [0.1, 0.15) is 0 Å². The molecule has 0 saturated carbocycles. The molecular weight excluding hydrogens is 639 g/mol. The van der Waals surface area contributed by atoms with E-state index in [1.54, 1.807) is 0 Å². The van der Waals surface area contributed by atoms with Crippen LogP contribution in [0.2, 0.25) is 0 Å². The number of para-hydroxylation sites is 4. The fourth-order valence-corrected chi connectivity index (χ4v) is 8.40. The Balaban J connectivity index is 1.16. The molecule has 12 rings (SSSR count). The van der Waals surface area contributed by atoms with Crippen molar-refractivity contribution < 1.29 is 13.3 Å². The average Bonchev–Trinajstić information content (AvgIpc) is 3.95. The molecule has 8 aromatic carbocycles. The van der Waals surface area contributed by atoms with Gasteiger partial charge in [-0.25, -0.2) is 0 Å². The normalized spacial score (nSPS) is 12.2. The highest BCUT2D eigenvalue weighted by atomic mass is 16.3. The first-order valence-corrected chi connectivity index (χ1v) is 17.6.